The molecule has 128 valence electrons. The molecule has 4 rings (SSSR count). The molecule has 0 amide bonds. The summed E-state index contributed by atoms with van der Waals surface area (Å²) in [5.74, 6) is 1.44. The Kier molecular flexibility index (Phi) is 4.40. The minimum absolute atomic E-state index is 0.122. The minimum atomic E-state index is 0.122. The van der Waals surface area contributed by atoms with Gasteiger partial charge in [0.1, 0.15) is 5.82 Å². The van der Waals surface area contributed by atoms with Crippen LogP contribution in [0.25, 0.3) is 10.9 Å². The maximum absolute atomic E-state index is 12.8. The van der Waals surface area contributed by atoms with Gasteiger partial charge in [-0.1, -0.05) is 25.0 Å². The Morgan fingerprint density at radius 3 is 2.54 bits per heavy atom. The van der Waals surface area contributed by atoms with E-state index < -0.39 is 0 Å². The maximum Gasteiger partial charge on any atom is 0.261 e. The number of hydrogen-bond acceptors (Lipinski definition) is 3. The fourth-order valence-electron chi connectivity index (χ4n) is 4.52. The van der Waals surface area contributed by atoms with E-state index in [-0.39, 0.29) is 5.56 Å². The van der Waals surface area contributed by atoms with Crippen LogP contribution in [-0.4, -0.2) is 33.6 Å². The predicted octanol–water partition coefficient (Wildman–Crippen LogP) is 3.36. The van der Waals surface area contributed by atoms with Crippen molar-refractivity contribution < 1.29 is 0 Å². The average Bonchev–Trinajstić information content (AvgIpc) is 3.14. The summed E-state index contributed by atoms with van der Waals surface area (Å²) in [6.45, 7) is 5.18. The molecule has 0 atom stereocenters. The highest BCUT2D eigenvalue weighted by Crippen LogP contribution is 2.28. The maximum atomic E-state index is 12.8. The van der Waals surface area contributed by atoms with Gasteiger partial charge in [0.15, 0.2) is 0 Å². The van der Waals surface area contributed by atoms with E-state index in [2.05, 4.69) is 9.88 Å². The Labute approximate surface area is 143 Å². The number of para-hydroxylation sites is 1. The van der Waals surface area contributed by atoms with Crippen LogP contribution in [0.3, 0.4) is 0 Å². The summed E-state index contributed by atoms with van der Waals surface area (Å²) >= 11 is 0. The van der Waals surface area contributed by atoms with Gasteiger partial charge in [-0.05, 0) is 63.7 Å². The molecular weight excluding hydrogens is 298 g/mol. The van der Waals surface area contributed by atoms with Crippen LogP contribution in [0.5, 0.6) is 0 Å². The van der Waals surface area contributed by atoms with E-state index in [1.54, 1.807) is 0 Å². The molecule has 1 aliphatic carbocycles. The SMILES string of the molecule is Cc1nc2ccccc2c(=O)n1CC1CCN(C2CCCC2)CC1. The third kappa shape index (κ3) is 3.00. The van der Waals surface area contributed by atoms with Gasteiger partial charge in [0.25, 0.3) is 5.56 Å². The van der Waals surface area contributed by atoms with Gasteiger partial charge in [-0.3, -0.25) is 9.36 Å². The topological polar surface area (TPSA) is 38.1 Å². The molecule has 1 aromatic heterocycles. The van der Waals surface area contributed by atoms with E-state index in [1.165, 1.54) is 51.6 Å². The van der Waals surface area contributed by atoms with E-state index in [9.17, 15) is 4.79 Å². The minimum Gasteiger partial charge on any atom is -0.300 e. The van der Waals surface area contributed by atoms with E-state index in [0.717, 1.165) is 29.3 Å². The molecule has 0 N–H and O–H groups in total. The molecule has 0 spiro atoms. The normalized spacial score (nSPS) is 20.9. The molecule has 4 heteroatoms. The molecule has 2 aliphatic rings. The highest BCUT2D eigenvalue weighted by molar-refractivity contribution is 5.77. The van der Waals surface area contributed by atoms with Crippen molar-refractivity contribution in [1.29, 1.82) is 0 Å². The summed E-state index contributed by atoms with van der Waals surface area (Å²) in [4.78, 5) is 20.1. The molecule has 0 bridgehead atoms. The largest absolute Gasteiger partial charge is 0.300 e. The molecule has 1 aliphatic heterocycles. The van der Waals surface area contributed by atoms with Gasteiger partial charge in [0, 0.05) is 12.6 Å². The lowest BCUT2D eigenvalue weighted by Gasteiger charge is -2.36. The first-order valence-corrected chi connectivity index (χ1v) is 9.42. The number of likely N-dealkylation sites (tertiary alicyclic amines) is 1. The van der Waals surface area contributed by atoms with Crippen LogP contribution >= 0.6 is 0 Å². The fourth-order valence-corrected chi connectivity index (χ4v) is 4.52. The van der Waals surface area contributed by atoms with Gasteiger partial charge >= 0.3 is 0 Å². The highest BCUT2D eigenvalue weighted by atomic mass is 16.1. The molecule has 1 saturated heterocycles. The van der Waals surface area contributed by atoms with Crippen molar-refractivity contribution in [2.45, 2.75) is 58.0 Å². The Hall–Kier alpha value is -1.68. The van der Waals surface area contributed by atoms with E-state index in [1.807, 2.05) is 35.8 Å². The van der Waals surface area contributed by atoms with Gasteiger partial charge in [-0.25, -0.2) is 4.98 Å². The molecule has 0 radical (unpaired) electrons. The van der Waals surface area contributed by atoms with Crippen LogP contribution in [0.2, 0.25) is 0 Å². The van der Waals surface area contributed by atoms with Crippen molar-refractivity contribution in [3.8, 4) is 0 Å². The summed E-state index contributed by atoms with van der Waals surface area (Å²) in [7, 11) is 0. The van der Waals surface area contributed by atoms with E-state index >= 15 is 0 Å². The molecule has 2 aromatic rings. The number of aromatic nitrogens is 2. The van der Waals surface area contributed by atoms with Crippen molar-refractivity contribution in [3.05, 3.63) is 40.4 Å². The van der Waals surface area contributed by atoms with E-state index in [0.29, 0.717) is 5.92 Å². The molecule has 4 nitrogen and oxygen atoms in total. The molecule has 1 saturated carbocycles. The lowest BCUT2D eigenvalue weighted by molar-refractivity contribution is 0.126. The average molecular weight is 325 g/mol. The standard InChI is InChI=1S/C20H27N3O/c1-15-21-19-9-5-4-8-18(19)20(24)23(15)14-16-10-12-22(13-11-16)17-6-2-3-7-17/h4-5,8-9,16-17H,2-3,6-7,10-14H2,1H3. The molecule has 2 fully saturated rings. The van der Waals surface area contributed by atoms with Crippen LogP contribution < -0.4 is 5.56 Å². The van der Waals surface area contributed by atoms with E-state index in [4.69, 9.17) is 0 Å². The Bertz CT molecular complexity index is 768. The van der Waals surface area contributed by atoms with Crippen molar-refractivity contribution in [3.63, 3.8) is 0 Å². The molecular formula is C20H27N3O. The Morgan fingerprint density at radius 1 is 1.08 bits per heavy atom. The molecule has 0 unspecified atom stereocenters. The van der Waals surface area contributed by atoms with Crippen molar-refractivity contribution in [2.24, 2.45) is 5.92 Å². The van der Waals surface area contributed by atoms with Crippen LogP contribution in [0.15, 0.2) is 29.1 Å². The zero-order chi connectivity index (χ0) is 16.5. The summed E-state index contributed by atoms with van der Waals surface area (Å²) < 4.78 is 1.90. The van der Waals surface area contributed by atoms with Crippen LogP contribution in [0.4, 0.5) is 0 Å². The Balaban J connectivity index is 1.48. The van der Waals surface area contributed by atoms with Crippen LogP contribution in [-0.2, 0) is 6.54 Å². The first-order chi connectivity index (χ1) is 11.7. The lowest BCUT2D eigenvalue weighted by Crippen LogP contribution is -2.41. The van der Waals surface area contributed by atoms with Crippen LogP contribution in [0.1, 0.15) is 44.3 Å². The zero-order valence-corrected chi connectivity index (χ0v) is 14.6. The fraction of sp³-hybridized carbons (Fsp3) is 0.600. The highest BCUT2D eigenvalue weighted by Gasteiger charge is 2.27. The van der Waals surface area contributed by atoms with Gasteiger partial charge in [-0.15, -0.1) is 0 Å². The van der Waals surface area contributed by atoms with Gasteiger partial charge in [0.2, 0.25) is 0 Å². The number of hydrogen-bond donors (Lipinski definition) is 0. The number of benzene rings is 1. The van der Waals surface area contributed by atoms with Crippen molar-refractivity contribution in [2.75, 3.05) is 13.1 Å². The quantitative estimate of drug-likeness (QED) is 0.868. The first-order valence-electron chi connectivity index (χ1n) is 9.42. The summed E-state index contributed by atoms with van der Waals surface area (Å²) in [6, 6.07) is 8.51. The van der Waals surface area contributed by atoms with Crippen molar-refractivity contribution in [1.82, 2.24) is 14.5 Å². The smallest absolute Gasteiger partial charge is 0.261 e. The number of nitrogens with zero attached hydrogens (tertiary/aromatic N) is 3. The molecule has 24 heavy (non-hydrogen) atoms. The number of aryl methyl sites for hydroxylation is 1. The monoisotopic (exact) mass is 325 g/mol. The van der Waals surface area contributed by atoms with Gasteiger partial charge < -0.3 is 4.90 Å². The van der Waals surface area contributed by atoms with Crippen LogP contribution in [0, 0.1) is 12.8 Å². The second-order valence-electron chi connectivity index (χ2n) is 7.51. The second kappa shape index (κ2) is 6.67. The predicted molar refractivity (Wildman–Crippen MR) is 97.3 cm³/mol. The summed E-state index contributed by atoms with van der Waals surface area (Å²) in [5, 5.41) is 0.742. The Morgan fingerprint density at radius 2 is 1.79 bits per heavy atom. The molecule has 1 aromatic carbocycles. The molecule has 2 heterocycles. The number of piperidine rings is 1. The van der Waals surface area contributed by atoms with Crippen molar-refractivity contribution >= 4 is 10.9 Å². The van der Waals surface area contributed by atoms with Gasteiger partial charge in [0.05, 0.1) is 10.9 Å². The number of fused-ring (bicyclic) bond motifs is 1. The zero-order valence-electron chi connectivity index (χ0n) is 14.6. The summed E-state index contributed by atoms with van der Waals surface area (Å²) in [5.41, 5.74) is 0.934. The first kappa shape index (κ1) is 15.8. The third-order valence-electron chi connectivity index (χ3n) is 5.98. The second-order valence-corrected chi connectivity index (χ2v) is 7.51. The number of rotatable bonds is 3. The van der Waals surface area contributed by atoms with Gasteiger partial charge in [-0.2, -0.15) is 0 Å². The third-order valence-corrected chi connectivity index (χ3v) is 5.98. The summed E-state index contributed by atoms with van der Waals surface area (Å²) in [6.07, 6.45) is 7.99. The lowest BCUT2D eigenvalue weighted by atomic mass is 9.95.